The van der Waals surface area contributed by atoms with Gasteiger partial charge in [-0.3, -0.25) is 24.1 Å². The van der Waals surface area contributed by atoms with Crippen LogP contribution in [0, 0.1) is 5.92 Å². The van der Waals surface area contributed by atoms with Gasteiger partial charge in [-0.15, -0.1) is 0 Å². The molecule has 1 fully saturated rings. The zero-order valence-electron chi connectivity index (χ0n) is 10.8. The molecule has 0 saturated heterocycles. The number of Topliss-reactive ketones (excluding diaryl/α,β-unsaturated/α-hetero) is 2. The number of carbonyl (C=O) groups is 4. The molecule has 1 saturated carbocycles. The molecular formula is C15H13NO4. The van der Waals surface area contributed by atoms with Crippen molar-refractivity contribution < 1.29 is 19.2 Å². The van der Waals surface area contributed by atoms with Gasteiger partial charge in [0.25, 0.3) is 11.8 Å². The first-order chi connectivity index (χ1) is 9.59. The average Bonchev–Trinajstić information content (AvgIpc) is 2.97. The third kappa shape index (κ3) is 1.86. The van der Waals surface area contributed by atoms with E-state index < -0.39 is 17.7 Å². The van der Waals surface area contributed by atoms with Gasteiger partial charge in [0.1, 0.15) is 5.78 Å². The Morgan fingerprint density at radius 1 is 1.10 bits per heavy atom. The summed E-state index contributed by atoms with van der Waals surface area (Å²) in [5, 5.41) is 0. The van der Waals surface area contributed by atoms with Crippen LogP contribution >= 0.6 is 0 Å². The fourth-order valence-electron chi connectivity index (χ4n) is 2.80. The second kappa shape index (κ2) is 4.67. The van der Waals surface area contributed by atoms with E-state index >= 15 is 0 Å². The highest BCUT2D eigenvalue weighted by Gasteiger charge is 2.39. The van der Waals surface area contributed by atoms with Crippen molar-refractivity contribution in [2.45, 2.75) is 19.3 Å². The Kier molecular flexibility index (Phi) is 2.97. The minimum Gasteiger partial charge on any atom is -0.299 e. The number of nitrogens with zero attached hydrogens (tertiary/aromatic N) is 1. The first-order valence-electron chi connectivity index (χ1n) is 6.60. The van der Waals surface area contributed by atoms with Crippen molar-refractivity contribution in [1.29, 1.82) is 0 Å². The molecule has 1 atom stereocenters. The number of imide groups is 1. The van der Waals surface area contributed by atoms with Gasteiger partial charge in [-0.2, -0.15) is 0 Å². The van der Waals surface area contributed by atoms with E-state index in [1.54, 1.807) is 24.3 Å². The number of hydrogen-bond donors (Lipinski definition) is 0. The van der Waals surface area contributed by atoms with Gasteiger partial charge in [0, 0.05) is 6.42 Å². The molecular weight excluding hydrogens is 258 g/mol. The van der Waals surface area contributed by atoms with Crippen molar-refractivity contribution in [3.8, 4) is 0 Å². The Bertz CT molecular complexity index is 600. The van der Waals surface area contributed by atoms with Gasteiger partial charge >= 0.3 is 0 Å². The van der Waals surface area contributed by atoms with E-state index in [4.69, 9.17) is 0 Å². The van der Waals surface area contributed by atoms with Gasteiger partial charge in [-0.1, -0.05) is 12.1 Å². The number of ketones is 2. The van der Waals surface area contributed by atoms with Crippen LogP contribution in [-0.4, -0.2) is 34.8 Å². The Morgan fingerprint density at radius 2 is 1.70 bits per heavy atom. The van der Waals surface area contributed by atoms with Crippen molar-refractivity contribution in [3.05, 3.63) is 35.4 Å². The van der Waals surface area contributed by atoms with Crippen LogP contribution in [0.5, 0.6) is 0 Å². The lowest BCUT2D eigenvalue weighted by Crippen LogP contribution is -2.38. The summed E-state index contributed by atoms with van der Waals surface area (Å²) < 4.78 is 0. The molecule has 1 aliphatic heterocycles. The maximum Gasteiger partial charge on any atom is 0.261 e. The molecule has 2 amide bonds. The third-order valence-electron chi connectivity index (χ3n) is 3.89. The number of fused-ring (bicyclic) bond motifs is 1. The lowest BCUT2D eigenvalue weighted by Gasteiger charge is -2.15. The highest BCUT2D eigenvalue weighted by Crippen LogP contribution is 2.26. The molecule has 5 heteroatoms. The molecule has 5 nitrogen and oxygen atoms in total. The lowest BCUT2D eigenvalue weighted by molar-refractivity contribution is -0.131. The van der Waals surface area contributed by atoms with Crippen LogP contribution in [-0.2, 0) is 9.59 Å². The molecule has 0 spiro atoms. The van der Waals surface area contributed by atoms with Crippen LogP contribution in [0.3, 0.4) is 0 Å². The molecule has 1 aliphatic carbocycles. The van der Waals surface area contributed by atoms with Crippen LogP contribution in [0.1, 0.15) is 40.0 Å². The van der Waals surface area contributed by atoms with E-state index in [1.165, 1.54) is 0 Å². The van der Waals surface area contributed by atoms with Gasteiger partial charge in [0.2, 0.25) is 0 Å². The Balaban J connectivity index is 1.80. The first kappa shape index (κ1) is 12.7. The molecule has 1 aromatic rings. The molecule has 102 valence electrons. The zero-order chi connectivity index (χ0) is 14.3. The highest BCUT2D eigenvalue weighted by atomic mass is 16.2. The largest absolute Gasteiger partial charge is 0.299 e. The topological polar surface area (TPSA) is 71.5 Å². The minimum absolute atomic E-state index is 0.0772. The molecule has 0 bridgehead atoms. The first-order valence-corrected chi connectivity index (χ1v) is 6.60. The van der Waals surface area contributed by atoms with E-state index in [2.05, 4.69) is 0 Å². The zero-order valence-corrected chi connectivity index (χ0v) is 10.8. The van der Waals surface area contributed by atoms with E-state index in [-0.39, 0.29) is 18.1 Å². The molecule has 1 heterocycles. The summed E-state index contributed by atoms with van der Waals surface area (Å²) >= 11 is 0. The Morgan fingerprint density at radius 3 is 2.20 bits per heavy atom. The van der Waals surface area contributed by atoms with Crippen LogP contribution in [0.4, 0.5) is 0 Å². The number of carbonyl (C=O) groups excluding carboxylic acids is 4. The molecule has 0 radical (unpaired) electrons. The molecule has 0 N–H and O–H groups in total. The predicted octanol–water partition coefficient (Wildman–Crippen LogP) is 1.22. The fourth-order valence-corrected chi connectivity index (χ4v) is 2.80. The van der Waals surface area contributed by atoms with Crippen LogP contribution in [0.15, 0.2) is 24.3 Å². The second-order valence-corrected chi connectivity index (χ2v) is 5.12. The summed E-state index contributed by atoms with van der Waals surface area (Å²) in [6, 6.07) is 6.49. The summed E-state index contributed by atoms with van der Waals surface area (Å²) in [5.41, 5.74) is 0.645. The number of hydrogen-bond acceptors (Lipinski definition) is 4. The molecule has 3 rings (SSSR count). The van der Waals surface area contributed by atoms with Crippen molar-refractivity contribution in [1.82, 2.24) is 4.90 Å². The van der Waals surface area contributed by atoms with E-state index in [0.717, 1.165) is 4.90 Å². The number of rotatable bonds is 3. The average molecular weight is 271 g/mol. The minimum atomic E-state index is -0.640. The molecule has 0 aromatic heterocycles. The standard InChI is InChI=1S/C15H13NO4/c17-12-7-3-6-11(12)13(18)8-16-14(19)9-4-1-2-5-10(9)15(16)20/h1-2,4-5,11H,3,6-8H2. The van der Waals surface area contributed by atoms with E-state index in [0.29, 0.717) is 30.4 Å². The highest BCUT2D eigenvalue weighted by molar-refractivity contribution is 6.23. The fraction of sp³-hybridized carbons (Fsp3) is 0.333. The molecule has 1 unspecified atom stereocenters. The molecule has 1 aromatic carbocycles. The number of benzene rings is 1. The van der Waals surface area contributed by atoms with Crippen LogP contribution in [0.25, 0.3) is 0 Å². The number of amides is 2. The van der Waals surface area contributed by atoms with Gasteiger partial charge < -0.3 is 0 Å². The van der Waals surface area contributed by atoms with Crippen LogP contribution in [0.2, 0.25) is 0 Å². The van der Waals surface area contributed by atoms with Crippen LogP contribution < -0.4 is 0 Å². The summed E-state index contributed by atoms with van der Waals surface area (Å²) in [4.78, 5) is 48.8. The van der Waals surface area contributed by atoms with Crippen molar-refractivity contribution in [3.63, 3.8) is 0 Å². The SMILES string of the molecule is O=C1CCCC1C(=O)CN1C(=O)c2ccccc2C1=O. The second-order valence-electron chi connectivity index (χ2n) is 5.12. The lowest BCUT2D eigenvalue weighted by atomic mass is 10.0. The quantitative estimate of drug-likeness (QED) is 0.612. The maximum absolute atomic E-state index is 12.1. The summed E-state index contributed by atoms with van der Waals surface area (Å²) in [5.74, 6) is -1.96. The van der Waals surface area contributed by atoms with Crippen molar-refractivity contribution in [2.24, 2.45) is 5.92 Å². The Labute approximate surface area is 115 Å². The van der Waals surface area contributed by atoms with Gasteiger partial charge in [0.15, 0.2) is 5.78 Å². The summed E-state index contributed by atoms with van der Waals surface area (Å²) in [6.07, 6.45) is 1.65. The van der Waals surface area contributed by atoms with Crippen molar-refractivity contribution >= 4 is 23.4 Å². The molecule has 20 heavy (non-hydrogen) atoms. The summed E-state index contributed by atoms with van der Waals surface area (Å²) in [6.45, 7) is -0.303. The van der Waals surface area contributed by atoms with E-state index in [9.17, 15) is 19.2 Å². The monoisotopic (exact) mass is 271 g/mol. The normalized spacial score (nSPS) is 21.5. The van der Waals surface area contributed by atoms with Gasteiger partial charge in [-0.25, -0.2) is 0 Å². The molecule has 2 aliphatic rings. The smallest absolute Gasteiger partial charge is 0.261 e. The van der Waals surface area contributed by atoms with Crippen molar-refractivity contribution in [2.75, 3.05) is 6.54 Å². The Hall–Kier alpha value is -2.30. The summed E-state index contributed by atoms with van der Waals surface area (Å²) in [7, 11) is 0. The van der Waals surface area contributed by atoms with E-state index in [1.807, 2.05) is 0 Å². The predicted molar refractivity (Wildman–Crippen MR) is 69.2 cm³/mol. The third-order valence-corrected chi connectivity index (χ3v) is 3.89. The van der Waals surface area contributed by atoms with Gasteiger partial charge in [0.05, 0.1) is 23.6 Å². The maximum atomic E-state index is 12.1. The van der Waals surface area contributed by atoms with Gasteiger partial charge in [-0.05, 0) is 25.0 Å².